The van der Waals surface area contributed by atoms with Crippen molar-refractivity contribution in [2.45, 2.75) is 47.0 Å². The van der Waals surface area contributed by atoms with E-state index in [1.165, 1.54) is 0 Å². The summed E-state index contributed by atoms with van der Waals surface area (Å²) in [5, 5.41) is 11.9. The predicted octanol–water partition coefficient (Wildman–Crippen LogP) is 2.81. The van der Waals surface area contributed by atoms with Crippen molar-refractivity contribution in [3.8, 4) is 0 Å². The van der Waals surface area contributed by atoms with Crippen molar-refractivity contribution in [1.29, 1.82) is 0 Å². The molecule has 21 heavy (non-hydrogen) atoms. The lowest BCUT2D eigenvalue weighted by molar-refractivity contribution is -0.138. The van der Waals surface area contributed by atoms with E-state index in [0.29, 0.717) is 30.8 Å². The Bertz CT molecular complexity index is 347. The molecule has 1 aliphatic rings. The van der Waals surface area contributed by atoms with Gasteiger partial charge < -0.3 is 15.3 Å². The maximum absolute atomic E-state index is 12.2. The minimum Gasteiger partial charge on any atom is -0.481 e. The van der Waals surface area contributed by atoms with Crippen LogP contribution in [0.3, 0.4) is 0 Å². The first-order valence-corrected chi connectivity index (χ1v) is 8.05. The van der Waals surface area contributed by atoms with Crippen LogP contribution in [0.5, 0.6) is 0 Å². The average Bonchev–Trinajstić information content (AvgIpc) is 2.37. The van der Waals surface area contributed by atoms with Gasteiger partial charge in [-0.2, -0.15) is 0 Å². The fourth-order valence-electron chi connectivity index (χ4n) is 3.22. The Morgan fingerprint density at radius 1 is 1.24 bits per heavy atom. The molecular weight excluding hydrogens is 268 g/mol. The first-order chi connectivity index (χ1) is 9.81. The number of nitrogens with one attached hydrogen (secondary N) is 1. The smallest absolute Gasteiger partial charge is 0.317 e. The van der Waals surface area contributed by atoms with E-state index in [9.17, 15) is 9.59 Å². The highest BCUT2D eigenvalue weighted by molar-refractivity contribution is 5.74. The maximum atomic E-state index is 12.2. The van der Waals surface area contributed by atoms with Gasteiger partial charge in [0.15, 0.2) is 0 Å². The molecule has 1 aliphatic heterocycles. The van der Waals surface area contributed by atoms with Crippen LogP contribution in [0.4, 0.5) is 4.79 Å². The van der Waals surface area contributed by atoms with Crippen LogP contribution < -0.4 is 5.32 Å². The largest absolute Gasteiger partial charge is 0.481 e. The Morgan fingerprint density at radius 2 is 1.86 bits per heavy atom. The van der Waals surface area contributed by atoms with E-state index >= 15 is 0 Å². The first kappa shape index (κ1) is 17.8. The van der Waals surface area contributed by atoms with E-state index in [1.807, 2.05) is 0 Å². The van der Waals surface area contributed by atoms with Crippen LogP contribution in [0.2, 0.25) is 0 Å². The van der Waals surface area contributed by atoms with Crippen molar-refractivity contribution < 1.29 is 14.7 Å². The molecule has 0 radical (unpaired) electrons. The molecule has 2 amide bonds. The maximum Gasteiger partial charge on any atom is 0.317 e. The molecule has 1 atom stereocenters. The second-order valence-corrected chi connectivity index (χ2v) is 6.89. The van der Waals surface area contributed by atoms with Crippen LogP contribution in [-0.2, 0) is 4.79 Å². The molecule has 1 unspecified atom stereocenters. The van der Waals surface area contributed by atoms with E-state index in [4.69, 9.17) is 5.11 Å². The van der Waals surface area contributed by atoms with Gasteiger partial charge in [-0.1, -0.05) is 27.7 Å². The minimum atomic E-state index is -0.776. The van der Waals surface area contributed by atoms with Crippen molar-refractivity contribution in [2.24, 2.45) is 23.7 Å². The summed E-state index contributed by atoms with van der Waals surface area (Å²) in [6, 6.07) is -0.0450. The average molecular weight is 298 g/mol. The molecule has 0 aliphatic carbocycles. The zero-order valence-corrected chi connectivity index (χ0v) is 13.8. The number of aliphatic carboxylic acids is 1. The van der Waals surface area contributed by atoms with Gasteiger partial charge in [0.1, 0.15) is 0 Å². The number of piperidine rings is 1. The van der Waals surface area contributed by atoms with Crippen LogP contribution in [0, 0.1) is 23.7 Å². The SMILES string of the molecule is CC(C)C(CNC(=O)N1CCCC(CC(=O)O)C1)C(C)C. The summed E-state index contributed by atoms with van der Waals surface area (Å²) in [6.07, 6.45) is 1.95. The normalized spacial score (nSPS) is 19.4. The molecule has 0 aromatic rings. The van der Waals surface area contributed by atoms with Crippen molar-refractivity contribution in [1.82, 2.24) is 10.2 Å². The highest BCUT2D eigenvalue weighted by atomic mass is 16.4. The van der Waals surface area contributed by atoms with E-state index in [1.54, 1.807) is 4.90 Å². The first-order valence-electron chi connectivity index (χ1n) is 8.05. The van der Waals surface area contributed by atoms with Gasteiger partial charge in [-0.05, 0) is 36.5 Å². The number of carboxylic acids is 1. The molecular formula is C16H30N2O3. The van der Waals surface area contributed by atoms with Crippen molar-refractivity contribution in [3.05, 3.63) is 0 Å². The van der Waals surface area contributed by atoms with Gasteiger partial charge in [0.25, 0.3) is 0 Å². The highest BCUT2D eigenvalue weighted by Crippen LogP contribution is 2.21. The number of nitrogens with zero attached hydrogens (tertiary/aromatic N) is 1. The molecule has 2 N–H and O–H groups in total. The molecule has 122 valence electrons. The second-order valence-electron chi connectivity index (χ2n) is 6.89. The molecule has 5 heteroatoms. The van der Waals surface area contributed by atoms with Gasteiger partial charge >= 0.3 is 12.0 Å². The molecule has 1 fully saturated rings. The molecule has 0 aromatic carbocycles. The van der Waals surface area contributed by atoms with Gasteiger partial charge in [-0.25, -0.2) is 4.79 Å². The number of rotatable bonds is 6. The third-order valence-corrected chi connectivity index (χ3v) is 4.47. The summed E-state index contributed by atoms with van der Waals surface area (Å²) < 4.78 is 0. The quantitative estimate of drug-likeness (QED) is 0.792. The Balaban J connectivity index is 2.45. The number of carboxylic acid groups (broad SMARTS) is 1. The molecule has 0 saturated carbocycles. The molecule has 5 nitrogen and oxygen atoms in total. The molecule has 1 rings (SSSR count). The number of amides is 2. The lowest BCUT2D eigenvalue weighted by Crippen LogP contribution is -2.47. The summed E-state index contributed by atoms with van der Waals surface area (Å²) in [4.78, 5) is 24.8. The van der Waals surface area contributed by atoms with Crippen molar-refractivity contribution in [2.75, 3.05) is 19.6 Å². The highest BCUT2D eigenvalue weighted by Gasteiger charge is 2.26. The standard InChI is InChI=1S/C16H30N2O3/c1-11(2)14(12(3)4)9-17-16(21)18-7-5-6-13(10-18)8-15(19)20/h11-14H,5-10H2,1-4H3,(H,17,21)(H,19,20). The lowest BCUT2D eigenvalue weighted by Gasteiger charge is -2.33. The third-order valence-electron chi connectivity index (χ3n) is 4.47. The van der Waals surface area contributed by atoms with Gasteiger partial charge in [0, 0.05) is 26.1 Å². The summed E-state index contributed by atoms with van der Waals surface area (Å²) >= 11 is 0. The summed E-state index contributed by atoms with van der Waals surface area (Å²) in [7, 11) is 0. The van der Waals surface area contributed by atoms with Crippen molar-refractivity contribution in [3.63, 3.8) is 0 Å². The Labute approximate surface area is 128 Å². The molecule has 1 heterocycles. The monoisotopic (exact) mass is 298 g/mol. The number of hydrogen-bond acceptors (Lipinski definition) is 2. The zero-order valence-electron chi connectivity index (χ0n) is 13.8. The Kier molecular flexibility index (Phi) is 6.99. The van der Waals surface area contributed by atoms with Gasteiger partial charge in [0.2, 0.25) is 0 Å². The van der Waals surface area contributed by atoms with E-state index in [2.05, 4.69) is 33.0 Å². The Morgan fingerprint density at radius 3 is 2.38 bits per heavy atom. The van der Waals surface area contributed by atoms with Crippen LogP contribution in [-0.4, -0.2) is 41.6 Å². The van der Waals surface area contributed by atoms with E-state index in [0.717, 1.165) is 19.4 Å². The van der Waals surface area contributed by atoms with Gasteiger partial charge in [0.05, 0.1) is 0 Å². The van der Waals surface area contributed by atoms with E-state index < -0.39 is 5.97 Å². The van der Waals surface area contributed by atoms with Gasteiger partial charge in [-0.3, -0.25) is 4.79 Å². The number of urea groups is 1. The fraction of sp³-hybridized carbons (Fsp3) is 0.875. The summed E-state index contributed by atoms with van der Waals surface area (Å²) in [5.41, 5.74) is 0. The van der Waals surface area contributed by atoms with Gasteiger partial charge in [-0.15, -0.1) is 0 Å². The number of hydrogen-bond donors (Lipinski definition) is 2. The Hall–Kier alpha value is -1.26. The van der Waals surface area contributed by atoms with Crippen LogP contribution >= 0.6 is 0 Å². The fourth-order valence-corrected chi connectivity index (χ4v) is 3.22. The molecule has 0 spiro atoms. The second kappa shape index (κ2) is 8.25. The zero-order chi connectivity index (χ0) is 16.0. The van der Waals surface area contributed by atoms with Crippen molar-refractivity contribution >= 4 is 12.0 Å². The van der Waals surface area contributed by atoms with Crippen LogP contribution in [0.1, 0.15) is 47.0 Å². The van der Waals surface area contributed by atoms with E-state index in [-0.39, 0.29) is 18.4 Å². The number of carbonyl (C=O) groups is 2. The summed E-state index contributed by atoms with van der Waals surface area (Å²) in [5.74, 6) is 0.848. The lowest BCUT2D eigenvalue weighted by atomic mass is 9.85. The minimum absolute atomic E-state index is 0.0450. The number of likely N-dealkylation sites (tertiary alicyclic amines) is 1. The predicted molar refractivity (Wildman–Crippen MR) is 83.1 cm³/mol. The molecule has 0 bridgehead atoms. The topological polar surface area (TPSA) is 69.6 Å². The third kappa shape index (κ3) is 5.94. The molecule has 0 aromatic heterocycles. The molecule has 1 saturated heterocycles. The van der Waals surface area contributed by atoms with Crippen LogP contribution in [0.25, 0.3) is 0 Å². The summed E-state index contributed by atoms with van der Waals surface area (Å²) in [6.45, 7) is 10.7. The number of carbonyl (C=O) groups excluding carboxylic acids is 1. The van der Waals surface area contributed by atoms with Crippen LogP contribution in [0.15, 0.2) is 0 Å².